The molecule has 1 fully saturated rings. The minimum absolute atomic E-state index is 0.0536. The summed E-state index contributed by atoms with van der Waals surface area (Å²) >= 11 is 5.90. The molecule has 24 heavy (non-hydrogen) atoms. The van der Waals surface area contributed by atoms with Gasteiger partial charge >= 0.3 is 0 Å². The second kappa shape index (κ2) is 7.92. The first kappa shape index (κ1) is 18.6. The molecule has 132 valence electrons. The number of hydrogen-bond acceptors (Lipinski definition) is 4. The van der Waals surface area contributed by atoms with Crippen molar-refractivity contribution in [2.24, 2.45) is 0 Å². The van der Waals surface area contributed by atoms with E-state index in [0.29, 0.717) is 6.54 Å². The molecule has 8 heteroatoms. The molecule has 0 aliphatic carbocycles. The first-order valence-electron chi connectivity index (χ1n) is 7.49. The van der Waals surface area contributed by atoms with Crippen molar-refractivity contribution in [2.45, 2.75) is 12.0 Å². The molecule has 2 amide bonds. The maximum atomic E-state index is 13.6. The maximum Gasteiger partial charge on any atom is 0.255 e. The minimum Gasteiger partial charge on any atom is -0.382 e. The fraction of sp³-hybridized carbons (Fsp3) is 0.500. The van der Waals surface area contributed by atoms with E-state index in [2.05, 4.69) is 5.32 Å². The van der Waals surface area contributed by atoms with Crippen molar-refractivity contribution >= 4 is 23.4 Å². The Morgan fingerprint density at radius 3 is 2.92 bits per heavy atom. The Hall–Kier alpha value is -1.70. The third-order valence-electron chi connectivity index (χ3n) is 3.89. The number of ether oxygens (including phenoxy) is 2. The number of benzene rings is 1. The highest BCUT2D eigenvalue weighted by Crippen LogP contribution is 2.26. The van der Waals surface area contributed by atoms with Crippen molar-refractivity contribution in [3.63, 3.8) is 0 Å². The summed E-state index contributed by atoms with van der Waals surface area (Å²) in [5.74, 6) is -1.27. The summed E-state index contributed by atoms with van der Waals surface area (Å²) in [6.07, 6.45) is 0.0536. The average molecular weight is 359 g/mol. The van der Waals surface area contributed by atoms with E-state index in [1.54, 1.807) is 0 Å². The van der Waals surface area contributed by atoms with Gasteiger partial charge in [0.1, 0.15) is 11.4 Å². The Morgan fingerprint density at radius 1 is 1.50 bits per heavy atom. The number of nitrogens with zero attached hydrogens (tertiary/aromatic N) is 1. The number of carbonyl (C=O) groups excluding carboxylic acids is 2. The van der Waals surface area contributed by atoms with Crippen LogP contribution in [0.25, 0.3) is 0 Å². The number of morpholine rings is 1. The van der Waals surface area contributed by atoms with Crippen LogP contribution in [0, 0.1) is 5.82 Å². The molecule has 0 bridgehead atoms. The van der Waals surface area contributed by atoms with Crippen LogP contribution in [0.5, 0.6) is 0 Å². The first-order chi connectivity index (χ1) is 11.4. The SMILES string of the molecule is CNC(=O)C[C@@]1(COC)CN(C(=O)c2cccc(F)c2Cl)CCO1. The molecule has 0 spiro atoms. The van der Waals surface area contributed by atoms with E-state index < -0.39 is 17.3 Å². The van der Waals surface area contributed by atoms with Crippen molar-refractivity contribution in [3.8, 4) is 0 Å². The van der Waals surface area contributed by atoms with Gasteiger partial charge in [-0.25, -0.2) is 4.39 Å². The highest BCUT2D eigenvalue weighted by atomic mass is 35.5. The number of nitrogens with one attached hydrogen (secondary N) is 1. The van der Waals surface area contributed by atoms with Gasteiger partial charge in [0.05, 0.1) is 36.8 Å². The summed E-state index contributed by atoms with van der Waals surface area (Å²) in [5.41, 5.74) is -0.854. The normalized spacial score (nSPS) is 20.8. The lowest BCUT2D eigenvalue weighted by Crippen LogP contribution is -2.57. The monoisotopic (exact) mass is 358 g/mol. The third kappa shape index (κ3) is 4.03. The standard InChI is InChI=1S/C16H20ClFN2O4/c1-19-13(21)8-16(10-23-2)9-20(6-7-24-16)15(22)11-4-3-5-12(18)14(11)17/h3-5H,6-10H2,1-2H3,(H,19,21)/t16-/m0/s1. The number of amides is 2. The molecule has 0 radical (unpaired) electrons. The molecule has 1 aromatic rings. The second-order valence-electron chi connectivity index (χ2n) is 5.64. The molecule has 1 N–H and O–H groups in total. The van der Waals surface area contributed by atoms with E-state index in [1.165, 1.54) is 37.3 Å². The van der Waals surface area contributed by atoms with E-state index in [1.807, 2.05) is 0 Å². The van der Waals surface area contributed by atoms with Crippen LogP contribution >= 0.6 is 11.6 Å². The zero-order chi connectivity index (χ0) is 17.7. The molecule has 1 atom stereocenters. The van der Waals surface area contributed by atoms with Gasteiger partial charge in [-0.2, -0.15) is 0 Å². The van der Waals surface area contributed by atoms with Gasteiger partial charge in [0.25, 0.3) is 5.91 Å². The van der Waals surface area contributed by atoms with E-state index >= 15 is 0 Å². The molecule has 1 aliphatic heterocycles. The third-order valence-corrected chi connectivity index (χ3v) is 4.27. The van der Waals surface area contributed by atoms with Gasteiger partial charge in [-0.15, -0.1) is 0 Å². The topological polar surface area (TPSA) is 67.9 Å². The van der Waals surface area contributed by atoms with Crippen LogP contribution in [-0.4, -0.2) is 62.8 Å². The minimum atomic E-state index is -0.942. The lowest BCUT2D eigenvalue weighted by molar-refractivity contribution is -0.150. The van der Waals surface area contributed by atoms with Crippen LogP contribution in [0.1, 0.15) is 16.8 Å². The molecular formula is C16H20ClFN2O4. The fourth-order valence-electron chi connectivity index (χ4n) is 2.75. The molecule has 0 saturated carbocycles. The maximum absolute atomic E-state index is 13.6. The van der Waals surface area contributed by atoms with Gasteiger partial charge in [0, 0.05) is 20.7 Å². The Balaban J connectivity index is 2.23. The van der Waals surface area contributed by atoms with Crippen molar-refractivity contribution in [1.82, 2.24) is 10.2 Å². The van der Waals surface area contributed by atoms with Gasteiger partial charge in [0.2, 0.25) is 5.91 Å². The van der Waals surface area contributed by atoms with E-state index in [-0.39, 0.29) is 42.7 Å². The van der Waals surface area contributed by atoms with E-state index in [4.69, 9.17) is 21.1 Å². The lowest BCUT2D eigenvalue weighted by atomic mass is 9.97. The molecular weight excluding hydrogens is 339 g/mol. The second-order valence-corrected chi connectivity index (χ2v) is 6.02. The lowest BCUT2D eigenvalue weighted by Gasteiger charge is -2.42. The highest BCUT2D eigenvalue weighted by molar-refractivity contribution is 6.34. The van der Waals surface area contributed by atoms with Gasteiger partial charge in [0.15, 0.2) is 0 Å². The van der Waals surface area contributed by atoms with E-state index in [9.17, 15) is 14.0 Å². The zero-order valence-electron chi connectivity index (χ0n) is 13.6. The van der Waals surface area contributed by atoms with Crippen LogP contribution in [0.2, 0.25) is 5.02 Å². The summed E-state index contributed by atoms with van der Waals surface area (Å²) in [6, 6.07) is 4.10. The summed E-state index contributed by atoms with van der Waals surface area (Å²) in [5, 5.41) is 2.33. The van der Waals surface area contributed by atoms with Crippen LogP contribution in [-0.2, 0) is 14.3 Å². The Labute approximate surface area is 144 Å². The van der Waals surface area contributed by atoms with Crippen LogP contribution < -0.4 is 5.32 Å². The predicted molar refractivity (Wildman–Crippen MR) is 86.6 cm³/mol. The highest BCUT2D eigenvalue weighted by Gasteiger charge is 2.40. The summed E-state index contributed by atoms with van der Waals surface area (Å²) in [7, 11) is 3.03. The summed E-state index contributed by atoms with van der Waals surface area (Å²) in [6.45, 7) is 0.880. The molecule has 1 aliphatic rings. The molecule has 0 aromatic heterocycles. The van der Waals surface area contributed by atoms with Gasteiger partial charge < -0.3 is 19.7 Å². The number of halogens is 2. The predicted octanol–water partition coefficient (Wildman–Crippen LogP) is 1.47. The number of hydrogen-bond donors (Lipinski definition) is 1. The summed E-state index contributed by atoms with van der Waals surface area (Å²) in [4.78, 5) is 26.0. The van der Waals surface area contributed by atoms with E-state index in [0.717, 1.165) is 0 Å². The van der Waals surface area contributed by atoms with Crippen LogP contribution in [0.15, 0.2) is 18.2 Å². The molecule has 0 unspecified atom stereocenters. The largest absolute Gasteiger partial charge is 0.382 e. The Morgan fingerprint density at radius 2 is 2.25 bits per heavy atom. The molecule has 1 heterocycles. The average Bonchev–Trinajstić information content (AvgIpc) is 2.57. The van der Waals surface area contributed by atoms with Gasteiger partial charge in [-0.05, 0) is 12.1 Å². The van der Waals surface area contributed by atoms with Crippen molar-refractivity contribution in [2.75, 3.05) is 40.5 Å². The smallest absolute Gasteiger partial charge is 0.255 e. The van der Waals surface area contributed by atoms with Crippen molar-refractivity contribution in [3.05, 3.63) is 34.6 Å². The molecule has 2 rings (SSSR count). The molecule has 1 saturated heterocycles. The van der Waals surface area contributed by atoms with Crippen molar-refractivity contribution < 1.29 is 23.5 Å². The van der Waals surface area contributed by atoms with Crippen LogP contribution in [0.4, 0.5) is 4.39 Å². The quantitative estimate of drug-likeness (QED) is 0.865. The number of rotatable bonds is 5. The molecule has 1 aromatic carbocycles. The fourth-order valence-corrected chi connectivity index (χ4v) is 2.95. The molecule has 6 nitrogen and oxygen atoms in total. The summed E-state index contributed by atoms with van der Waals surface area (Å²) < 4.78 is 24.5. The zero-order valence-corrected chi connectivity index (χ0v) is 14.4. The number of methoxy groups -OCH3 is 1. The Kier molecular flexibility index (Phi) is 6.15. The van der Waals surface area contributed by atoms with Gasteiger partial charge in [-0.3, -0.25) is 9.59 Å². The van der Waals surface area contributed by atoms with Crippen LogP contribution in [0.3, 0.4) is 0 Å². The van der Waals surface area contributed by atoms with Gasteiger partial charge in [-0.1, -0.05) is 17.7 Å². The Bertz CT molecular complexity index is 624. The first-order valence-corrected chi connectivity index (χ1v) is 7.87. The van der Waals surface area contributed by atoms with Crippen molar-refractivity contribution in [1.29, 1.82) is 0 Å². The number of carbonyl (C=O) groups is 2.